The molecule has 2 aromatic rings. The van der Waals surface area contributed by atoms with Gasteiger partial charge in [0, 0.05) is 44.0 Å². The van der Waals surface area contributed by atoms with Crippen LogP contribution in [0, 0.1) is 34.6 Å². The molecule has 1 atom stereocenters. The fraction of sp³-hybridized carbons (Fsp3) is 0.550. The lowest BCUT2D eigenvalue weighted by Gasteiger charge is -2.21. The van der Waals surface area contributed by atoms with Gasteiger partial charge in [0.15, 0.2) is 0 Å². The largest absolute Gasteiger partial charge is 0.355 e. The van der Waals surface area contributed by atoms with Crippen LogP contribution in [0.3, 0.4) is 0 Å². The van der Waals surface area contributed by atoms with Gasteiger partial charge in [0.25, 0.3) is 5.91 Å². The molecule has 8 nitrogen and oxygen atoms in total. The van der Waals surface area contributed by atoms with Gasteiger partial charge < -0.3 is 15.5 Å². The van der Waals surface area contributed by atoms with Gasteiger partial charge in [-0.2, -0.15) is 0 Å². The Kier molecular flexibility index (Phi) is 5.88. The van der Waals surface area contributed by atoms with Crippen LogP contribution < -0.4 is 15.5 Å². The Morgan fingerprint density at radius 3 is 2.43 bits per heavy atom. The Hall–Kier alpha value is -2.61. The lowest BCUT2D eigenvalue weighted by molar-refractivity contribution is 0.0952. The molecule has 1 amide bonds. The normalized spacial score (nSPS) is 16.5. The Morgan fingerprint density at radius 1 is 1.00 bits per heavy atom. The van der Waals surface area contributed by atoms with E-state index in [1.807, 2.05) is 34.6 Å². The van der Waals surface area contributed by atoms with Gasteiger partial charge in [0.2, 0.25) is 5.82 Å². The SMILES string of the molecule is CNC(=O)c1nc(C)c(C)c(N2CC[C@@H](NCc3nc(C)c(C)nc3C)C2)n1. The van der Waals surface area contributed by atoms with Gasteiger partial charge in [0.1, 0.15) is 5.82 Å². The van der Waals surface area contributed by atoms with Crippen molar-refractivity contribution >= 4 is 11.7 Å². The molecule has 0 saturated carbocycles. The Balaban J connectivity index is 1.70. The molecule has 150 valence electrons. The molecule has 0 aliphatic carbocycles. The first-order chi connectivity index (χ1) is 13.3. The highest BCUT2D eigenvalue weighted by Gasteiger charge is 2.26. The van der Waals surface area contributed by atoms with Crippen LogP contribution in [0.25, 0.3) is 0 Å². The summed E-state index contributed by atoms with van der Waals surface area (Å²) >= 11 is 0. The van der Waals surface area contributed by atoms with Crippen molar-refractivity contribution in [1.29, 1.82) is 0 Å². The molecule has 2 aromatic heterocycles. The molecule has 0 spiro atoms. The summed E-state index contributed by atoms with van der Waals surface area (Å²) in [5, 5.41) is 6.20. The second-order valence-electron chi connectivity index (χ2n) is 7.40. The molecule has 1 fully saturated rings. The van der Waals surface area contributed by atoms with Crippen LogP contribution in [0.5, 0.6) is 0 Å². The van der Waals surface area contributed by atoms with Crippen molar-refractivity contribution in [2.75, 3.05) is 25.0 Å². The third kappa shape index (κ3) is 4.11. The molecule has 0 aromatic carbocycles. The smallest absolute Gasteiger partial charge is 0.288 e. The van der Waals surface area contributed by atoms with Gasteiger partial charge >= 0.3 is 0 Å². The first kappa shape index (κ1) is 20.1. The molecule has 28 heavy (non-hydrogen) atoms. The average molecular weight is 384 g/mol. The maximum absolute atomic E-state index is 12.0. The molecule has 2 N–H and O–H groups in total. The first-order valence-corrected chi connectivity index (χ1v) is 9.66. The molecular formula is C20H29N7O. The predicted molar refractivity (Wildman–Crippen MR) is 109 cm³/mol. The number of hydrogen-bond donors (Lipinski definition) is 2. The molecule has 0 bridgehead atoms. The highest BCUT2D eigenvalue weighted by atomic mass is 16.2. The minimum absolute atomic E-state index is 0.220. The van der Waals surface area contributed by atoms with E-state index in [4.69, 9.17) is 0 Å². The Morgan fingerprint density at radius 2 is 1.71 bits per heavy atom. The number of rotatable bonds is 5. The predicted octanol–water partition coefficient (Wildman–Crippen LogP) is 1.54. The highest BCUT2D eigenvalue weighted by molar-refractivity contribution is 5.90. The average Bonchev–Trinajstić information content (AvgIpc) is 3.13. The number of aryl methyl sites for hydroxylation is 4. The summed E-state index contributed by atoms with van der Waals surface area (Å²) in [6, 6.07) is 0.334. The fourth-order valence-electron chi connectivity index (χ4n) is 3.42. The summed E-state index contributed by atoms with van der Waals surface area (Å²) in [6.07, 6.45) is 1.01. The Labute approximate surface area is 166 Å². The molecule has 3 heterocycles. The van der Waals surface area contributed by atoms with E-state index in [9.17, 15) is 4.79 Å². The van der Waals surface area contributed by atoms with Crippen molar-refractivity contribution in [3.63, 3.8) is 0 Å². The third-order valence-corrected chi connectivity index (χ3v) is 5.42. The molecule has 0 unspecified atom stereocenters. The lowest BCUT2D eigenvalue weighted by Crippen LogP contribution is -2.33. The minimum Gasteiger partial charge on any atom is -0.355 e. The zero-order chi connectivity index (χ0) is 20.4. The molecule has 1 aliphatic rings. The summed E-state index contributed by atoms with van der Waals surface area (Å²) in [7, 11) is 1.59. The van der Waals surface area contributed by atoms with Crippen LogP contribution in [0.2, 0.25) is 0 Å². The van der Waals surface area contributed by atoms with Crippen molar-refractivity contribution in [2.45, 2.75) is 53.6 Å². The molecule has 8 heteroatoms. The number of aromatic nitrogens is 4. The van der Waals surface area contributed by atoms with E-state index in [1.54, 1.807) is 7.05 Å². The van der Waals surface area contributed by atoms with Gasteiger partial charge in [-0.1, -0.05) is 0 Å². The molecule has 1 saturated heterocycles. The van der Waals surface area contributed by atoms with E-state index in [0.717, 1.165) is 59.4 Å². The van der Waals surface area contributed by atoms with Crippen molar-refractivity contribution in [2.24, 2.45) is 0 Å². The number of carbonyl (C=O) groups is 1. The van der Waals surface area contributed by atoms with Gasteiger partial charge in [0.05, 0.1) is 22.8 Å². The van der Waals surface area contributed by atoms with Gasteiger partial charge in [-0.25, -0.2) is 9.97 Å². The van der Waals surface area contributed by atoms with Crippen LogP contribution in [-0.2, 0) is 6.54 Å². The van der Waals surface area contributed by atoms with E-state index in [1.165, 1.54) is 0 Å². The maximum Gasteiger partial charge on any atom is 0.288 e. The van der Waals surface area contributed by atoms with E-state index < -0.39 is 0 Å². The summed E-state index contributed by atoms with van der Waals surface area (Å²) < 4.78 is 0. The van der Waals surface area contributed by atoms with Crippen LogP contribution in [0.15, 0.2) is 0 Å². The van der Waals surface area contributed by atoms with Crippen LogP contribution in [0.4, 0.5) is 5.82 Å². The molecule has 3 rings (SSSR count). The van der Waals surface area contributed by atoms with Crippen LogP contribution >= 0.6 is 0 Å². The minimum atomic E-state index is -0.262. The molecule has 0 radical (unpaired) electrons. The highest BCUT2D eigenvalue weighted by Crippen LogP contribution is 2.24. The van der Waals surface area contributed by atoms with Gasteiger partial charge in [-0.05, 0) is 41.0 Å². The number of nitrogens with one attached hydrogen (secondary N) is 2. The fourth-order valence-corrected chi connectivity index (χ4v) is 3.42. The summed E-state index contributed by atoms with van der Waals surface area (Å²) in [5.41, 5.74) is 5.78. The van der Waals surface area contributed by atoms with Gasteiger partial charge in [-0.15, -0.1) is 0 Å². The van der Waals surface area contributed by atoms with E-state index in [-0.39, 0.29) is 11.7 Å². The van der Waals surface area contributed by atoms with E-state index in [0.29, 0.717) is 12.6 Å². The van der Waals surface area contributed by atoms with E-state index >= 15 is 0 Å². The summed E-state index contributed by atoms with van der Waals surface area (Å²) in [4.78, 5) is 32.3. The quantitative estimate of drug-likeness (QED) is 0.808. The maximum atomic E-state index is 12.0. The van der Waals surface area contributed by atoms with E-state index in [2.05, 4.69) is 35.5 Å². The lowest BCUT2D eigenvalue weighted by atomic mass is 10.2. The monoisotopic (exact) mass is 383 g/mol. The zero-order valence-electron chi connectivity index (χ0n) is 17.6. The van der Waals surface area contributed by atoms with Crippen LogP contribution in [-0.4, -0.2) is 52.0 Å². The first-order valence-electron chi connectivity index (χ1n) is 9.66. The second-order valence-corrected chi connectivity index (χ2v) is 7.40. The summed E-state index contributed by atoms with van der Waals surface area (Å²) in [5.74, 6) is 0.803. The number of anilines is 1. The van der Waals surface area contributed by atoms with Crippen molar-refractivity contribution in [1.82, 2.24) is 30.6 Å². The summed E-state index contributed by atoms with van der Waals surface area (Å²) in [6.45, 7) is 12.3. The molecular weight excluding hydrogens is 354 g/mol. The van der Waals surface area contributed by atoms with Crippen molar-refractivity contribution < 1.29 is 4.79 Å². The molecule has 1 aliphatic heterocycles. The number of nitrogens with zero attached hydrogens (tertiary/aromatic N) is 5. The second kappa shape index (κ2) is 8.18. The topological polar surface area (TPSA) is 95.9 Å². The van der Waals surface area contributed by atoms with Gasteiger partial charge in [-0.3, -0.25) is 14.8 Å². The van der Waals surface area contributed by atoms with Crippen molar-refractivity contribution in [3.8, 4) is 0 Å². The zero-order valence-corrected chi connectivity index (χ0v) is 17.6. The third-order valence-electron chi connectivity index (χ3n) is 5.42. The Bertz CT molecular complexity index is 897. The standard InChI is InChI=1S/C20H29N7O/c1-11-12(2)25-18(20(28)21-6)26-19(11)27-8-7-16(10-27)22-9-17-15(5)23-13(3)14(4)24-17/h16,22H,7-10H2,1-6H3,(H,21,28)/t16-/m1/s1. The van der Waals surface area contributed by atoms with Crippen LogP contribution in [0.1, 0.15) is 51.1 Å². The van der Waals surface area contributed by atoms with Crippen molar-refractivity contribution in [3.05, 3.63) is 39.9 Å². The number of hydrogen-bond acceptors (Lipinski definition) is 7. The number of carbonyl (C=O) groups excluding carboxylic acids is 1. The number of amides is 1.